The minimum atomic E-state index is -0.665. The molecule has 3 aromatic rings. The summed E-state index contributed by atoms with van der Waals surface area (Å²) in [5.74, 6) is -0.300. The van der Waals surface area contributed by atoms with Crippen LogP contribution in [-0.2, 0) is 9.59 Å². The zero-order valence-electron chi connectivity index (χ0n) is 18.4. The summed E-state index contributed by atoms with van der Waals surface area (Å²) in [6.07, 6.45) is 1.37. The predicted octanol–water partition coefficient (Wildman–Crippen LogP) is 4.08. The van der Waals surface area contributed by atoms with Gasteiger partial charge in [0.2, 0.25) is 0 Å². The summed E-state index contributed by atoms with van der Waals surface area (Å²) in [5, 5.41) is 15.5. The first-order chi connectivity index (χ1) is 16.0. The third kappa shape index (κ3) is 5.62. The Morgan fingerprint density at radius 1 is 0.727 bits per heavy atom. The Bertz CT molecular complexity index is 1130. The zero-order chi connectivity index (χ0) is 23.8. The van der Waals surface area contributed by atoms with Crippen molar-refractivity contribution >= 4 is 29.3 Å². The minimum Gasteiger partial charge on any atom is -0.504 e. The van der Waals surface area contributed by atoms with Crippen molar-refractivity contribution in [3.63, 3.8) is 0 Å². The van der Waals surface area contributed by atoms with Crippen molar-refractivity contribution in [2.24, 2.45) is 0 Å². The van der Waals surface area contributed by atoms with Gasteiger partial charge in [-0.25, -0.2) is 0 Å². The van der Waals surface area contributed by atoms with Crippen molar-refractivity contribution in [1.82, 2.24) is 0 Å². The quantitative estimate of drug-likeness (QED) is 0.272. The summed E-state index contributed by atoms with van der Waals surface area (Å²) in [6.45, 7) is 0. The maximum absolute atomic E-state index is 13.2. The van der Waals surface area contributed by atoms with Crippen LogP contribution in [0.5, 0.6) is 23.0 Å². The van der Waals surface area contributed by atoms with E-state index in [1.54, 1.807) is 54.6 Å². The average Bonchev–Trinajstić information content (AvgIpc) is 2.83. The second-order valence-electron chi connectivity index (χ2n) is 6.80. The van der Waals surface area contributed by atoms with Gasteiger partial charge in [0.1, 0.15) is 17.1 Å². The van der Waals surface area contributed by atoms with Gasteiger partial charge >= 0.3 is 0 Å². The molecule has 33 heavy (non-hydrogen) atoms. The lowest BCUT2D eigenvalue weighted by atomic mass is 10.1. The standard InChI is InChI=1S/C25H24N2O6/c1-31-21-10-6-4-8-18(21)26-24(29)17(14-16-12-13-23(33-3)20(28)15-16)25(30)27-19-9-5-7-11-22(19)32-2/h4-15,28H,1-3H3,(H,26,29)(H,27,30). The van der Waals surface area contributed by atoms with E-state index in [1.807, 2.05) is 0 Å². The number of para-hydroxylation sites is 4. The molecule has 0 aliphatic rings. The smallest absolute Gasteiger partial charge is 0.261 e. The summed E-state index contributed by atoms with van der Waals surface area (Å²) in [4.78, 5) is 26.3. The molecular formula is C25H24N2O6. The van der Waals surface area contributed by atoms with Gasteiger partial charge in [0, 0.05) is 0 Å². The fourth-order valence-electron chi connectivity index (χ4n) is 3.07. The highest BCUT2D eigenvalue weighted by Crippen LogP contribution is 2.29. The lowest BCUT2D eigenvalue weighted by Crippen LogP contribution is -2.25. The van der Waals surface area contributed by atoms with Crippen LogP contribution < -0.4 is 24.8 Å². The number of phenolic OH excluding ortho intramolecular Hbond substituents is 1. The lowest BCUT2D eigenvalue weighted by molar-refractivity contribution is -0.118. The molecule has 0 unspecified atom stereocenters. The molecule has 3 N–H and O–H groups in total. The number of carbonyl (C=O) groups is 2. The van der Waals surface area contributed by atoms with E-state index in [1.165, 1.54) is 39.5 Å². The zero-order valence-corrected chi connectivity index (χ0v) is 18.4. The van der Waals surface area contributed by atoms with E-state index in [-0.39, 0.29) is 17.1 Å². The third-order valence-electron chi connectivity index (χ3n) is 4.71. The fraction of sp³-hybridized carbons (Fsp3) is 0.120. The molecule has 0 saturated carbocycles. The first-order valence-electron chi connectivity index (χ1n) is 9.94. The Kier molecular flexibility index (Phi) is 7.54. The van der Waals surface area contributed by atoms with E-state index in [9.17, 15) is 14.7 Å². The number of hydrogen-bond donors (Lipinski definition) is 3. The molecule has 0 fully saturated rings. The molecule has 0 atom stereocenters. The van der Waals surface area contributed by atoms with Gasteiger partial charge in [-0.3, -0.25) is 9.59 Å². The number of amides is 2. The van der Waals surface area contributed by atoms with Crippen LogP contribution in [0.25, 0.3) is 6.08 Å². The largest absolute Gasteiger partial charge is 0.504 e. The van der Waals surface area contributed by atoms with Gasteiger partial charge in [-0.2, -0.15) is 0 Å². The molecule has 0 spiro atoms. The van der Waals surface area contributed by atoms with Gasteiger partial charge in [0.15, 0.2) is 11.5 Å². The number of ether oxygens (including phenoxy) is 3. The fourth-order valence-corrected chi connectivity index (χ4v) is 3.07. The monoisotopic (exact) mass is 448 g/mol. The Labute approximate surface area is 191 Å². The molecule has 0 aliphatic heterocycles. The molecular weight excluding hydrogens is 424 g/mol. The van der Waals surface area contributed by atoms with E-state index in [2.05, 4.69) is 10.6 Å². The van der Waals surface area contributed by atoms with Crippen molar-refractivity contribution in [3.05, 3.63) is 77.9 Å². The SMILES string of the molecule is COc1ccc(C=C(C(=O)Nc2ccccc2OC)C(=O)Nc2ccccc2OC)cc1O. The molecule has 8 nitrogen and oxygen atoms in total. The van der Waals surface area contributed by atoms with Crippen LogP contribution in [0, 0.1) is 0 Å². The summed E-state index contributed by atoms with van der Waals surface area (Å²) >= 11 is 0. The Morgan fingerprint density at radius 2 is 1.21 bits per heavy atom. The van der Waals surface area contributed by atoms with Crippen LogP contribution in [0.2, 0.25) is 0 Å². The van der Waals surface area contributed by atoms with Gasteiger partial charge in [0.05, 0.1) is 32.7 Å². The molecule has 2 amide bonds. The third-order valence-corrected chi connectivity index (χ3v) is 4.71. The highest BCUT2D eigenvalue weighted by molar-refractivity contribution is 6.29. The number of anilines is 2. The number of aromatic hydroxyl groups is 1. The molecule has 3 rings (SSSR count). The number of benzene rings is 3. The van der Waals surface area contributed by atoms with Crippen LogP contribution in [0.15, 0.2) is 72.3 Å². The van der Waals surface area contributed by atoms with Crippen molar-refractivity contribution in [2.75, 3.05) is 32.0 Å². The molecule has 0 aromatic heterocycles. The second kappa shape index (κ2) is 10.7. The first kappa shape index (κ1) is 23.2. The molecule has 0 bridgehead atoms. The Hall–Kier alpha value is -4.46. The maximum Gasteiger partial charge on any atom is 0.261 e. The van der Waals surface area contributed by atoms with Crippen molar-refractivity contribution in [2.45, 2.75) is 0 Å². The number of phenols is 1. The van der Waals surface area contributed by atoms with Crippen molar-refractivity contribution < 1.29 is 28.9 Å². The summed E-state index contributed by atoms with van der Waals surface area (Å²) in [7, 11) is 4.39. The highest BCUT2D eigenvalue weighted by atomic mass is 16.5. The van der Waals surface area contributed by atoms with Gasteiger partial charge in [-0.15, -0.1) is 0 Å². The lowest BCUT2D eigenvalue weighted by Gasteiger charge is -2.14. The molecule has 0 aliphatic carbocycles. The number of hydrogen-bond acceptors (Lipinski definition) is 6. The van der Waals surface area contributed by atoms with Gasteiger partial charge < -0.3 is 30.0 Å². The molecule has 3 aromatic carbocycles. The minimum absolute atomic E-state index is 0.124. The van der Waals surface area contributed by atoms with Crippen LogP contribution in [0.1, 0.15) is 5.56 Å². The highest BCUT2D eigenvalue weighted by Gasteiger charge is 2.21. The van der Waals surface area contributed by atoms with Crippen molar-refractivity contribution in [1.29, 1.82) is 0 Å². The molecule has 170 valence electrons. The maximum atomic E-state index is 13.2. The van der Waals surface area contributed by atoms with Crippen LogP contribution in [0.4, 0.5) is 11.4 Å². The Balaban J connectivity index is 1.99. The predicted molar refractivity (Wildman–Crippen MR) is 126 cm³/mol. The molecule has 0 heterocycles. The summed E-state index contributed by atoms with van der Waals surface area (Å²) in [5.41, 5.74) is 1.03. The second-order valence-corrected chi connectivity index (χ2v) is 6.80. The number of nitrogens with one attached hydrogen (secondary N) is 2. The number of methoxy groups -OCH3 is 3. The summed E-state index contributed by atoms with van der Waals surface area (Å²) < 4.78 is 15.6. The van der Waals surface area contributed by atoms with Crippen LogP contribution in [-0.4, -0.2) is 38.3 Å². The van der Waals surface area contributed by atoms with E-state index in [0.717, 1.165) is 0 Å². The van der Waals surface area contributed by atoms with E-state index in [4.69, 9.17) is 14.2 Å². The molecule has 0 radical (unpaired) electrons. The average molecular weight is 448 g/mol. The first-order valence-corrected chi connectivity index (χ1v) is 9.94. The van der Waals surface area contributed by atoms with Crippen LogP contribution in [0.3, 0.4) is 0 Å². The molecule has 0 saturated heterocycles. The summed E-state index contributed by atoms with van der Waals surface area (Å²) in [6, 6.07) is 18.2. The number of rotatable bonds is 8. The topological polar surface area (TPSA) is 106 Å². The van der Waals surface area contributed by atoms with Crippen LogP contribution >= 0.6 is 0 Å². The van der Waals surface area contributed by atoms with Gasteiger partial charge in [0.25, 0.3) is 11.8 Å². The van der Waals surface area contributed by atoms with E-state index < -0.39 is 11.8 Å². The Morgan fingerprint density at radius 3 is 1.67 bits per heavy atom. The number of carbonyl (C=O) groups excluding carboxylic acids is 2. The van der Waals surface area contributed by atoms with E-state index >= 15 is 0 Å². The van der Waals surface area contributed by atoms with Crippen molar-refractivity contribution in [3.8, 4) is 23.0 Å². The normalized spacial score (nSPS) is 10.0. The van der Waals surface area contributed by atoms with Gasteiger partial charge in [-0.05, 0) is 48.0 Å². The van der Waals surface area contributed by atoms with Gasteiger partial charge in [-0.1, -0.05) is 30.3 Å². The van der Waals surface area contributed by atoms with E-state index in [0.29, 0.717) is 28.4 Å². The molecule has 8 heteroatoms.